The van der Waals surface area contributed by atoms with Gasteiger partial charge in [-0.3, -0.25) is 9.59 Å². The van der Waals surface area contributed by atoms with Crippen LogP contribution in [0.5, 0.6) is 0 Å². The molecule has 3 unspecified atom stereocenters. The molecular formula is C22H31NO5. The van der Waals surface area contributed by atoms with E-state index in [4.69, 9.17) is 9.47 Å². The van der Waals surface area contributed by atoms with Gasteiger partial charge in [0.05, 0.1) is 12.3 Å². The van der Waals surface area contributed by atoms with E-state index in [1.165, 1.54) is 4.90 Å². The largest absolute Gasteiger partial charge is 0.460 e. The average molecular weight is 389 g/mol. The third-order valence-electron chi connectivity index (χ3n) is 5.10. The number of benzene rings is 1. The molecule has 28 heavy (non-hydrogen) atoms. The monoisotopic (exact) mass is 389 g/mol. The Morgan fingerprint density at radius 1 is 1.18 bits per heavy atom. The molecule has 0 bridgehead atoms. The second-order valence-electron chi connectivity index (χ2n) is 8.71. The van der Waals surface area contributed by atoms with Gasteiger partial charge in [-0.2, -0.15) is 0 Å². The molecule has 154 valence electrons. The van der Waals surface area contributed by atoms with Crippen LogP contribution in [-0.4, -0.2) is 35.1 Å². The van der Waals surface area contributed by atoms with E-state index in [1.807, 2.05) is 51.1 Å². The van der Waals surface area contributed by atoms with Gasteiger partial charge in [0.25, 0.3) is 0 Å². The molecule has 0 aromatic heterocycles. The zero-order chi connectivity index (χ0) is 21.1. The maximum atomic E-state index is 13.4. The highest BCUT2D eigenvalue weighted by molar-refractivity contribution is 5.96. The summed E-state index contributed by atoms with van der Waals surface area (Å²) in [5.41, 5.74) is 0.195. The predicted molar refractivity (Wildman–Crippen MR) is 105 cm³/mol. The number of ether oxygens (including phenoxy) is 2. The summed E-state index contributed by atoms with van der Waals surface area (Å²) in [6.45, 7) is 11.4. The molecule has 6 nitrogen and oxygen atoms in total. The maximum Gasteiger partial charge on any atom is 0.417 e. The number of imide groups is 1. The van der Waals surface area contributed by atoms with Gasteiger partial charge in [-0.25, -0.2) is 9.69 Å². The summed E-state index contributed by atoms with van der Waals surface area (Å²) >= 11 is 0. The lowest BCUT2D eigenvalue weighted by atomic mass is 9.81. The predicted octanol–water partition coefficient (Wildman–Crippen LogP) is 4.35. The molecule has 0 spiro atoms. The van der Waals surface area contributed by atoms with Crippen LogP contribution in [0.4, 0.5) is 4.79 Å². The number of rotatable bonds is 6. The van der Waals surface area contributed by atoms with Gasteiger partial charge in [0, 0.05) is 0 Å². The summed E-state index contributed by atoms with van der Waals surface area (Å²) in [6.07, 6.45) is -0.732. The molecule has 1 aliphatic rings. The van der Waals surface area contributed by atoms with Crippen LogP contribution in [0.2, 0.25) is 0 Å². The summed E-state index contributed by atoms with van der Waals surface area (Å²) in [5, 5.41) is 0. The normalized spacial score (nSPS) is 19.3. The smallest absolute Gasteiger partial charge is 0.417 e. The number of cyclic esters (lactones) is 1. The Morgan fingerprint density at radius 3 is 2.32 bits per heavy atom. The summed E-state index contributed by atoms with van der Waals surface area (Å²) in [5.74, 6) is -1.44. The molecule has 1 saturated heterocycles. The molecule has 1 heterocycles. The molecule has 0 aliphatic carbocycles. The standard InChI is InChI=1S/C22H31NO5/c1-14(2)15(3)17(12-19(24)28-22(4,5)6)20(25)23-18(13-27-21(23)26)16-10-8-7-9-11-16/h7-11,14-15,17-18H,12-13H2,1-6H3. The minimum absolute atomic E-state index is 0.0687. The second kappa shape index (κ2) is 8.76. The number of carbonyl (C=O) groups excluding carboxylic acids is 3. The van der Waals surface area contributed by atoms with E-state index < -0.39 is 29.6 Å². The van der Waals surface area contributed by atoms with Crippen LogP contribution >= 0.6 is 0 Å². The van der Waals surface area contributed by atoms with Crippen molar-refractivity contribution in [3.8, 4) is 0 Å². The Morgan fingerprint density at radius 2 is 1.79 bits per heavy atom. The molecule has 1 aliphatic heterocycles. The first-order chi connectivity index (χ1) is 13.0. The van der Waals surface area contributed by atoms with Crippen molar-refractivity contribution >= 4 is 18.0 Å². The van der Waals surface area contributed by atoms with Gasteiger partial charge < -0.3 is 9.47 Å². The van der Waals surface area contributed by atoms with Crippen molar-refractivity contribution in [2.75, 3.05) is 6.61 Å². The minimum atomic E-state index is -0.663. The fraction of sp³-hybridized carbons (Fsp3) is 0.591. The highest BCUT2D eigenvalue weighted by Crippen LogP contribution is 2.34. The molecule has 3 atom stereocenters. The van der Waals surface area contributed by atoms with Crippen molar-refractivity contribution < 1.29 is 23.9 Å². The first-order valence-corrected chi connectivity index (χ1v) is 9.78. The molecule has 1 aromatic rings. The van der Waals surface area contributed by atoms with Crippen LogP contribution in [0.25, 0.3) is 0 Å². The number of hydrogen-bond donors (Lipinski definition) is 0. The van der Waals surface area contributed by atoms with Crippen LogP contribution in [0.1, 0.15) is 59.6 Å². The number of esters is 1. The highest BCUT2D eigenvalue weighted by Gasteiger charge is 2.44. The maximum absolute atomic E-state index is 13.4. The van der Waals surface area contributed by atoms with E-state index in [0.717, 1.165) is 5.56 Å². The lowest BCUT2D eigenvalue weighted by molar-refractivity contribution is -0.159. The number of carbonyl (C=O) groups is 3. The molecule has 0 N–H and O–H groups in total. The number of amides is 2. The molecule has 1 aromatic carbocycles. The van der Waals surface area contributed by atoms with Crippen molar-refractivity contribution in [3.63, 3.8) is 0 Å². The average Bonchev–Trinajstić information content (AvgIpc) is 2.99. The van der Waals surface area contributed by atoms with E-state index in [-0.39, 0.29) is 30.8 Å². The van der Waals surface area contributed by atoms with E-state index in [2.05, 4.69) is 0 Å². The third kappa shape index (κ3) is 5.33. The SMILES string of the molecule is CC(C)C(C)C(CC(=O)OC(C)(C)C)C(=O)N1C(=O)OCC1c1ccccc1. The van der Waals surface area contributed by atoms with Crippen molar-refractivity contribution in [3.05, 3.63) is 35.9 Å². The Balaban J connectivity index is 2.29. The zero-order valence-electron chi connectivity index (χ0n) is 17.6. The fourth-order valence-corrected chi connectivity index (χ4v) is 3.29. The topological polar surface area (TPSA) is 72.9 Å². The van der Waals surface area contributed by atoms with Gasteiger partial charge in [0.2, 0.25) is 5.91 Å². The molecule has 1 fully saturated rings. The van der Waals surface area contributed by atoms with Crippen LogP contribution in [0.3, 0.4) is 0 Å². The van der Waals surface area contributed by atoms with Crippen LogP contribution in [0, 0.1) is 17.8 Å². The number of hydrogen-bond acceptors (Lipinski definition) is 5. The molecular weight excluding hydrogens is 358 g/mol. The fourth-order valence-electron chi connectivity index (χ4n) is 3.29. The van der Waals surface area contributed by atoms with E-state index in [0.29, 0.717) is 0 Å². The van der Waals surface area contributed by atoms with Gasteiger partial charge in [0.1, 0.15) is 18.2 Å². The minimum Gasteiger partial charge on any atom is -0.460 e. The summed E-state index contributed by atoms with van der Waals surface area (Å²) in [7, 11) is 0. The molecule has 0 saturated carbocycles. The summed E-state index contributed by atoms with van der Waals surface area (Å²) in [6, 6.07) is 8.83. The summed E-state index contributed by atoms with van der Waals surface area (Å²) in [4.78, 5) is 39.4. The van der Waals surface area contributed by atoms with E-state index >= 15 is 0 Å². The third-order valence-corrected chi connectivity index (χ3v) is 5.10. The molecule has 2 amide bonds. The van der Waals surface area contributed by atoms with Crippen LogP contribution in [-0.2, 0) is 19.1 Å². The van der Waals surface area contributed by atoms with Crippen molar-refractivity contribution in [1.82, 2.24) is 4.90 Å². The molecule has 0 radical (unpaired) electrons. The zero-order valence-corrected chi connectivity index (χ0v) is 17.6. The quantitative estimate of drug-likeness (QED) is 0.677. The van der Waals surface area contributed by atoms with E-state index in [9.17, 15) is 14.4 Å². The van der Waals surface area contributed by atoms with Gasteiger partial charge in [-0.1, -0.05) is 51.1 Å². The molecule has 6 heteroatoms. The van der Waals surface area contributed by atoms with Gasteiger partial charge >= 0.3 is 12.1 Å². The van der Waals surface area contributed by atoms with Crippen molar-refractivity contribution in [2.45, 2.75) is 59.6 Å². The Hall–Kier alpha value is -2.37. The van der Waals surface area contributed by atoms with Crippen LogP contribution in [0.15, 0.2) is 30.3 Å². The van der Waals surface area contributed by atoms with Gasteiger partial charge in [-0.15, -0.1) is 0 Å². The van der Waals surface area contributed by atoms with E-state index in [1.54, 1.807) is 20.8 Å². The Kier molecular flexibility index (Phi) is 6.86. The second-order valence-corrected chi connectivity index (χ2v) is 8.71. The number of nitrogens with zero attached hydrogens (tertiary/aromatic N) is 1. The van der Waals surface area contributed by atoms with Gasteiger partial charge in [-0.05, 0) is 38.2 Å². The van der Waals surface area contributed by atoms with Gasteiger partial charge in [0.15, 0.2) is 0 Å². The first kappa shape index (κ1) is 21.9. The van der Waals surface area contributed by atoms with Crippen molar-refractivity contribution in [2.24, 2.45) is 17.8 Å². The lowest BCUT2D eigenvalue weighted by Gasteiger charge is -2.31. The van der Waals surface area contributed by atoms with Crippen LogP contribution < -0.4 is 0 Å². The lowest BCUT2D eigenvalue weighted by Crippen LogP contribution is -2.43. The first-order valence-electron chi connectivity index (χ1n) is 9.78. The molecule has 2 rings (SSSR count). The highest BCUT2D eigenvalue weighted by atomic mass is 16.6. The Labute approximate surface area is 167 Å². The van der Waals surface area contributed by atoms with Crippen molar-refractivity contribution in [1.29, 1.82) is 0 Å². The summed E-state index contributed by atoms with van der Waals surface area (Å²) < 4.78 is 10.6. The Bertz CT molecular complexity index is 707.